The fourth-order valence-electron chi connectivity index (χ4n) is 2.73. The Bertz CT molecular complexity index is 930. The van der Waals surface area contributed by atoms with Crippen LogP contribution in [0.3, 0.4) is 0 Å². The molecule has 0 unspecified atom stereocenters. The molecule has 27 heavy (non-hydrogen) atoms. The number of carbonyl (C=O) groups is 1. The zero-order chi connectivity index (χ0) is 20.0. The van der Waals surface area contributed by atoms with Crippen molar-refractivity contribution in [2.24, 2.45) is 0 Å². The van der Waals surface area contributed by atoms with Crippen LogP contribution in [0.4, 0.5) is 11.4 Å². The van der Waals surface area contributed by atoms with E-state index in [1.807, 2.05) is 19.1 Å². The summed E-state index contributed by atoms with van der Waals surface area (Å²) in [6.45, 7) is 3.56. The van der Waals surface area contributed by atoms with Crippen LogP contribution in [-0.4, -0.2) is 26.6 Å². The molecule has 0 aliphatic heterocycles. The Hall–Kier alpha value is -2.85. The zero-order valence-corrected chi connectivity index (χ0v) is 16.5. The van der Waals surface area contributed by atoms with Crippen molar-refractivity contribution < 1.29 is 13.2 Å². The highest BCUT2D eigenvalue weighted by atomic mass is 32.2. The molecule has 2 aromatic carbocycles. The van der Waals surface area contributed by atoms with Crippen LogP contribution in [0.25, 0.3) is 0 Å². The van der Waals surface area contributed by atoms with Crippen LogP contribution in [0.5, 0.6) is 0 Å². The fraction of sp³-hybridized carbons (Fsp3) is 0.300. The molecular formula is C20H23N3O3S. The van der Waals surface area contributed by atoms with E-state index in [1.54, 1.807) is 43.3 Å². The number of nitriles is 1. The van der Waals surface area contributed by atoms with E-state index in [0.29, 0.717) is 17.8 Å². The molecular weight excluding hydrogens is 362 g/mol. The Morgan fingerprint density at radius 2 is 1.67 bits per heavy atom. The minimum Gasteiger partial charge on any atom is -0.324 e. The van der Waals surface area contributed by atoms with Crippen molar-refractivity contribution >= 4 is 27.3 Å². The highest BCUT2D eigenvalue weighted by Crippen LogP contribution is 2.22. The van der Waals surface area contributed by atoms with Gasteiger partial charge in [0.2, 0.25) is 15.9 Å². The van der Waals surface area contributed by atoms with E-state index in [4.69, 9.17) is 5.26 Å². The molecule has 0 aromatic heterocycles. The quantitative estimate of drug-likeness (QED) is 0.793. The largest absolute Gasteiger partial charge is 0.324 e. The van der Waals surface area contributed by atoms with Crippen molar-refractivity contribution in [2.75, 3.05) is 15.9 Å². The van der Waals surface area contributed by atoms with Gasteiger partial charge in [-0.25, -0.2) is 8.42 Å². The predicted octanol–water partition coefficient (Wildman–Crippen LogP) is 3.11. The van der Waals surface area contributed by atoms with Gasteiger partial charge in [0.25, 0.3) is 0 Å². The Morgan fingerprint density at radius 1 is 1.11 bits per heavy atom. The molecule has 142 valence electrons. The number of rotatable bonds is 7. The minimum absolute atomic E-state index is 0.292. The number of amides is 1. The standard InChI is InChI=1S/C20H23N3O3S/c1-4-16-7-11-19(12-8-16)23(27(3,25)26)15(2)20(24)22-18-9-5-17(6-10-18)13-14-21/h5-12,15H,4,13H2,1-3H3,(H,22,24)/t15-/m0/s1. The fourth-order valence-corrected chi connectivity index (χ4v) is 3.91. The van der Waals surface area contributed by atoms with Crippen LogP contribution in [0.1, 0.15) is 25.0 Å². The van der Waals surface area contributed by atoms with Gasteiger partial charge >= 0.3 is 0 Å². The molecule has 0 spiro atoms. The van der Waals surface area contributed by atoms with E-state index < -0.39 is 22.0 Å². The van der Waals surface area contributed by atoms with E-state index in [-0.39, 0.29) is 0 Å². The van der Waals surface area contributed by atoms with Gasteiger partial charge in [0.1, 0.15) is 6.04 Å². The summed E-state index contributed by atoms with van der Waals surface area (Å²) in [6, 6.07) is 15.1. The molecule has 2 aromatic rings. The molecule has 7 heteroatoms. The highest BCUT2D eigenvalue weighted by molar-refractivity contribution is 7.92. The molecule has 0 aliphatic carbocycles. The molecule has 1 atom stereocenters. The normalized spacial score (nSPS) is 12.1. The Balaban J connectivity index is 2.22. The van der Waals surface area contributed by atoms with Crippen molar-refractivity contribution in [1.29, 1.82) is 5.26 Å². The van der Waals surface area contributed by atoms with Gasteiger partial charge in [0.05, 0.1) is 24.4 Å². The lowest BCUT2D eigenvalue weighted by Crippen LogP contribution is -2.45. The molecule has 1 N–H and O–H groups in total. The summed E-state index contributed by atoms with van der Waals surface area (Å²) in [5.74, 6) is -0.437. The van der Waals surface area contributed by atoms with E-state index in [2.05, 4.69) is 11.4 Å². The zero-order valence-electron chi connectivity index (χ0n) is 15.6. The van der Waals surface area contributed by atoms with Crippen LogP contribution in [-0.2, 0) is 27.7 Å². The summed E-state index contributed by atoms with van der Waals surface area (Å²) in [5.41, 5.74) is 2.92. The summed E-state index contributed by atoms with van der Waals surface area (Å²) in [5, 5.41) is 11.4. The summed E-state index contributed by atoms with van der Waals surface area (Å²) in [4.78, 5) is 12.6. The molecule has 0 radical (unpaired) electrons. The molecule has 0 bridgehead atoms. The number of hydrogen-bond donors (Lipinski definition) is 1. The van der Waals surface area contributed by atoms with Crippen LogP contribution in [0.2, 0.25) is 0 Å². The second-order valence-corrected chi connectivity index (χ2v) is 8.14. The number of hydrogen-bond acceptors (Lipinski definition) is 4. The first kappa shape index (κ1) is 20.5. The number of nitrogens with one attached hydrogen (secondary N) is 1. The third-order valence-electron chi connectivity index (χ3n) is 4.19. The monoisotopic (exact) mass is 385 g/mol. The second-order valence-electron chi connectivity index (χ2n) is 6.28. The van der Waals surface area contributed by atoms with Gasteiger partial charge < -0.3 is 5.32 Å². The average Bonchev–Trinajstić information content (AvgIpc) is 2.63. The first-order valence-electron chi connectivity index (χ1n) is 8.61. The summed E-state index contributed by atoms with van der Waals surface area (Å²) >= 11 is 0. The second kappa shape index (κ2) is 8.69. The van der Waals surface area contributed by atoms with Crippen molar-refractivity contribution in [1.82, 2.24) is 0 Å². The van der Waals surface area contributed by atoms with E-state index >= 15 is 0 Å². The number of carbonyl (C=O) groups excluding carboxylic acids is 1. The van der Waals surface area contributed by atoms with E-state index in [0.717, 1.165) is 28.1 Å². The van der Waals surface area contributed by atoms with Gasteiger partial charge in [0, 0.05) is 5.69 Å². The molecule has 6 nitrogen and oxygen atoms in total. The number of aryl methyl sites for hydroxylation is 1. The van der Waals surface area contributed by atoms with Gasteiger partial charge in [-0.15, -0.1) is 0 Å². The number of nitrogens with zero attached hydrogens (tertiary/aromatic N) is 2. The number of benzene rings is 2. The Labute approximate surface area is 160 Å². The lowest BCUT2D eigenvalue weighted by Gasteiger charge is -2.28. The molecule has 0 fully saturated rings. The molecule has 1 amide bonds. The van der Waals surface area contributed by atoms with Crippen molar-refractivity contribution in [3.63, 3.8) is 0 Å². The summed E-state index contributed by atoms with van der Waals surface area (Å²) < 4.78 is 25.8. The molecule has 0 saturated carbocycles. The van der Waals surface area contributed by atoms with Crippen LogP contribution in [0.15, 0.2) is 48.5 Å². The SMILES string of the molecule is CCc1ccc(N([C@@H](C)C(=O)Nc2ccc(CC#N)cc2)S(C)(=O)=O)cc1. The lowest BCUT2D eigenvalue weighted by molar-refractivity contribution is -0.116. The van der Waals surface area contributed by atoms with E-state index in [1.165, 1.54) is 0 Å². The van der Waals surface area contributed by atoms with Gasteiger partial charge in [-0.1, -0.05) is 31.2 Å². The third kappa shape index (κ3) is 5.31. The molecule has 2 rings (SSSR count). The van der Waals surface area contributed by atoms with Gasteiger partial charge in [-0.2, -0.15) is 5.26 Å². The number of anilines is 2. The maximum atomic E-state index is 12.6. The van der Waals surface area contributed by atoms with Crippen molar-refractivity contribution in [3.05, 3.63) is 59.7 Å². The maximum absolute atomic E-state index is 12.6. The lowest BCUT2D eigenvalue weighted by atomic mass is 10.1. The van der Waals surface area contributed by atoms with Crippen LogP contribution >= 0.6 is 0 Å². The van der Waals surface area contributed by atoms with Crippen molar-refractivity contribution in [3.8, 4) is 6.07 Å². The van der Waals surface area contributed by atoms with Gasteiger partial charge in [-0.3, -0.25) is 9.10 Å². The maximum Gasteiger partial charge on any atom is 0.247 e. The van der Waals surface area contributed by atoms with Crippen LogP contribution < -0.4 is 9.62 Å². The topological polar surface area (TPSA) is 90.3 Å². The first-order chi connectivity index (χ1) is 12.8. The van der Waals surface area contributed by atoms with Gasteiger partial charge in [-0.05, 0) is 48.7 Å². The number of sulfonamides is 1. The Morgan fingerprint density at radius 3 is 2.15 bits per heavy atom. The van der Waals surface area contributed by atoms with E-state index in [9.17, 15) is 13.2 Å². The third-order valence-corrected chi connectivity index (χ3v) is 5.43. The van der Waals surface area contributed by atoms with Crippen LogP contribution in [0, 0.1) is 11.3 Å². The van der Waals surface area contributed by atoms with Gasteiger partial charge in [0.15, 0.2) is 0 Å². The molecule has 0 saturated heterocycles. The first-order valence-corrected chi connectivity index (χ1v) is 10.5. The Kier molecular flexibility index (Phi) is 6.59. The minimum atomic E-state index is -3.65. The summed E-state index contributed by atoms with van der Waals surface area (Å²) in [7, 11) is -3.65. The highest BCUT2D eigenvalue weighted by Gasteiger charge is 2.29. The molecule has 0 heterocycles. The predicted molar refractivity (Wildman–Crippen MR) is 107 cm³/mol. The van der Waals surface area contributed by atoms with Crippen molar-refractivity contribution in [2.45, 2.75) is 32.7 Å². The smallest absolute Gasteiger partial charge is 0.247 e. The average molecular weight is 385 g/mol. The molecule has 0 aliphatic rings. The summed E-state index contributed by atoms with van der Waals surface area (Å²) in [6.07, 6.45) is 2.22.